The van der Waals surface area contributed by atoms with E-state index in [4.69, 9.17) is 9.47 Å². The molecule has 1 atom stereocenters. The maximum absolute atomic E-state index is 12.9. The third kappa shape index (κ3) is 4.65. The lowest BCUT2D eigenvalue weighted by Crippen LogP contribution is -2.47. The summed E-state index contributed by atoms with van der Waals surface area (Å²) in [6.07, 6.45) is 6.15. The van der Waals surface area contributed by atoms with Crippen LogP contribution >= 0.6 is 0 Å². The summed E-state index contributed by atoms with van der Waals surface area (Å²) in [5.74, 6) is -0.0148. The minimum atomic E-state index is -0.382. The Balaban J connectivity index is 1.45. The van der Waals surface area contributed by atoms with E-state index in [1.807, 2.05) is 6.92 Å². The largest absolute Gasteiger partial charge is 0.466 e. The van der Waals surface area contributed by atoms with Crippen molar-refractivity contribution in [2.75, 3.05) is 26.3 Å². The lowest BCUT2D eigenvalue weighted by molar-refractivity contribution is -0.162. The van der Waals surface area contributed by atoms with Crippen molar-refractivity contribution in [3.8, 4) is 0 Å². The van der Waals surface area contributed by atoms with Gasteiger partial charge in [0.05, 0.1) is 18.1 Å². The number of carbonyl (C=O) groups is 1. The van der Waals surface area contributed by atoms with Crippen LogP contribution in [0.25, 0.3) is 10.8 Å². The summed E-state index contributed by atoms with van der Waals surface area (Å²) in [6, 6.07) is 15.1. The number of rotatable bonds is 6. The minimum Gasteiger partial charge on any atom is -0.466 e. The molecule has 2 aromatic carbocycles. The molecule has 0 unspecified atom stereocenters. The summed E-state index contributed by atoms with van der Waals surface area (Å²) in [5.41, 5.74) is 0.982. The Hall–Kier alpha value is -1.91. The van der Waals surface area contributed by atoms with E-state index >= 15 is 0 Å². The molecule has 2 aliphatic rings. The van der Waals surface area contributed by atoms with Crippen LogP contribution in [0, 0.1) is 5.41 Å². The van der Waals surface area contributed by atoms with Gasteiger partial charge in [-0.3, -0.25) is 9.69 Å². The highest BCUT2D eigenvalue weighted by molar-refractivity contribution is 5.85. The van der Waals surface area contributed by atoms with Crippen molar-refractivity contribution in [1.82, 2.24) is 4.90 Å². The number of ether oxygens (including phenoxy) is 2. The Morgan fingerprint density at radius 2 is 1.93 bits per heavy atom. The number of carbonyl (C=O) groups excluding carboxylic acids is 1. The van der Waals surface area contributed by atoms with E-state index < -0.39 is 0 Å². The highest BCUT2D eigenvalue weighted by Crippen LogP contribution is 2.40. The van der Waals surface area contributed by atoms with E-state index in [0.29, 0.717) is 6.61 Å². The van der Waals surface area contributed by atoms with Gasteiger partial charge in [0.2, 0.25) is 0 Å². The molecular weight excluding hydrogens is 362 g/mol. The molecule has 0 amide bonds. The number of fused-ring (bicyclic) bond motifs is 1. The molecule has 4 heteroatoms. The molecule has 0 radical (unpaired) electrons. The van der Waals surface area contributed by atoms with Crippen molar-refractivity contribution in [2.24, 2.45) is 5.41 Å². The van der Waals surface area contributed by atoms with Gasteiger partial charge >= 0.3 is 5.97 Å². The number of benzene rings is 2. The zero-order valence-corrected chi connectivity index (χ0v) is 17.6. The fourth-order valence-electron chi connectivity index (χ4n) is 4.99. The third-order valence-electron chi connectivity index (χ3n) is 6.69. The first-order chi connectivity index (χ1) is 14.2. The first kappa shape index (κ1) is 20.4. The highest BCUT2D eigenvalue weighted by Gasteiger charge is 2.44. The van der Waals surface area contributed by atoms with E-state index in [1.165, 1.54) is 22.8 Å². The molecule has 2 fully saturated rings. The zero-order chi connectivity index (χ0) is 20.1. The van der Waals surface area contributed by atoms with Crippen LogP contribution in [-0.2, 0) is 20.8 Å². The predicted molar refractivity (Wildman–Crippen MR) is 116 cm³/mol. The Morgan fingerprint density at radius 1 is 1.14 bits per heavy atom. The second-order valence-electron chi connectivity index (χ2n) is 8.61. The lowest BCUT2D eigenvalue weighted by atomic mass is 9.73. The summed E-state index contributed by atoms with van der Waals surface area (Å²) in [4.78, 5) is 15.4. The Bertz CT molecular complexity index is 814. The van der Waals surface area contributed by atoms with E-state index in [-0.39, 0.29) is 17.5 Å². The summed E-state index contributed by atoms with van der Waals surface area (Å²) < 4.78 is 11.5. The molecule has 156 valence electrons. The molecule has 0 bridgehead atoms. The number of hydrogen-bond donors (Lipinski definition) is 0. The van der Waals surface area contributed by atoms with E-state index in [0.717, 1.165) is 58.3 Å². The van der Waals surface area contributed by atoms with Crippen molar-refractivity contribution < 1.29 is 14.3 Å². The van der Waals surface area contributed by atoms with Crippen molar-refractivity contribution in [3.63, 3.8) is 0 Å². The highest BCUT2D eigenvalue weighted by atomic mass is 16.5. The summed E-state index contributed by atoms with van der Waals surface area (Å²) in [7, 11) is 0. The molecule has 2 heterocycles. The monoisotopic (exact) mass is 395 g/mol. The number of hydrogen-bond acceptors (Lipinski definition) is 4. The smallest absolute Gasteiger partial charge is 0.312 e. The number of piperidine rings is 1. The predicted octanol–water partition coefficient (Wildman–Crippen LogP) is 4.94. The maximum atomic E-state index is 12.9. The van der Waals surface area contributed by atoms with Crippen LogP contribution in [0.5, 0.6) is 0 Å². The topological polar surface area (TPSA) is 38.8 Å². The lowest BCUT2D eigenvalue weighted by Gasteiger charge is -2.42. The average Bonchev–Trinajstić information content (AvgIpc) is 2.76. The van der Waals surface area contributed by atoms with Crippen LogP contribution in [0.3, 0.4) is 0 Å². The second-order valence-corrected chi connectivity index (χ2v) is 8.61. The summed E-state index contributed by atoms with van der Waals surface area (Å²) >= 11 is 0. The van der Waals surface area contributed by atoms with Gasteiger partial charge in [-0.05, 0) is 74.9 Å². The molecule has 0 saturated carbocycles. The van der Waals surface area contributed by atoms with E-state index in [9.17, 15) is 4.79 Å². The second kappa shape index (κ2) is 9.27. The molecule has 0 aromatic heterocycles. The van der Waals surface area contributed by atoms with Crippen LogP contribution in [0.1, 0.15) is 51.0 Å². The van der Waals surface area contributed by atoms with Crippen molar-refractivity contribution in [2.45, 2.75) is 58.1 Å². The fourth-order valence-corrected chi connectivity index (χ4v) is 4.99. The average molecular weight is 396 g/mol. The molecule has 29 heavy (non-hydrogen) atoms. The molecule has 4 rings (SSSR count). The van der Waals surface area contributed by atoms with Gasteiger partial charge in [0, 0.05) is 13.2 Å². The van der Waals surface area contributed by atoms with Gasteiger partial charge < -0.3 is 9.47 Å². The number of likely N-dealkylation sites (tertiary alicyclic amines) is 1. The van der Waals surface area contributed by atoms with Crippen LogP contribution in [0.4, 0.5) is 0 Å². The third-order valence-corrected chi connectivity index (χ3v) is 6.69. The first-order valence-corrected chi connectivity index (χ1v) is 11.2. The van der Waals surface area contributed by atoms with Crippen molar-refractivity contribution >= 4 is 16.7 Å². The quantitative estimate of drug-likeness (QED) is 0.649. The van der Waals surface area contributed by atoms with Gasteiger partial charge in [-0.25, -0.2) is 0 Å². The molecule has 0 spiro atoms. The van der Waals surface area contributed by atoms with E-state index in [1.54, 1.807) is 0 Å². The van der Waals surface area contributed by atoms with Crippen molar-refractivity contribution in [3.05, 3.63) is 48.0 Å². The van der Waals surface area contributed by atoms with Crippen LogP contribution < -0.4 is 0 Å². The molecule has 4 nitrogen and oxygen atoms in total. The fraction of sp³-hybridized carbons (Fsp3) is 0.560. The summed E-state index contributed by atoms with van der Waals surface area (Å²) in [6.45, 7) is 5.96. The summed E-state index contributed by atoms with van der Waals surface area (Å²) in [5, 5.41) is 2.62. The molecule has 2 aliphatic heterocycles. The number of nitrogens with zero attached hydrogens (tertiary/aromatic N) is 1. The first-order valence-electron chi connectivity index (χ1n) is 11.2. The Morgan fingerprint density at radius 3 is 2.69 bits per heavy atom. The van der Waals surface area contributed by atoms with Gasteiger partial charge in [-0.2, -0.15) is 0 Å². The van der Waals surface area contributed by atoms with E-state index in [2.05, 4.69) is 47.4 Å². The zero-order valence-electron chi connectivity index (χ0n) is 17.6. The van der Waals surface area contributed by atoms with Gasteiger partial charge in [-0.15, -0.1) is 0 Å². The molecule has 0 N–H and O–H groups in total. The van der Waals surface area contributed by atoms with Crippen LogP contribution in [-0.4, -0.2) is 43.3 Å². The molecule has 2 aromatic rings. The molecular formula is C25H33NO3. The molecule has 0 aliphatic carbocycles. The van der Waals surface area contributed by atoms with Crippen LogP contribution in [0.2, 0.25) is 0 Å². The Labute approximate surface area is 174 Å². The standard InChI is InChI=1S/C25H33NO3/c1-2-28-24(27)25(18-22-11-5-6-17-29-22)13-15-26(16-14-25)19-21-10-7-9-20-8-3-4-12-23(20)21/h3-4,7-10,12,22H,2,5-6,11,13-19H2,1H3/t22-/m1/s1. The SMILES string of the molecule is CCOC(=O)C1(C[C@H]2CCCCO2)CCN(Cc2cccc3ccccc23)CC1. The van der Waals surface area contributed by atoms with Gasteiger partial charge in [0.1, 0.15) is 0 Å². The van der Waals surface area contributed by atoms with Gasteiger partial charge in [0.25, 0.3) is 0 Å². The van der Waals surface area contributed by atoms with Gasteiger partial charge in [-0.1, -0.05) is 42.5 Å². The normalized spacial score (nSPS) is 22.4. The van der Waals surface area contributed by atoms with Crippen molar-refractivity contribution in [1.29, 1.82) is 0 Å². The Kier molecular flexibility index (Phi) is 6.51. The van der Waals surface area contributed by atoms with Gasteiger partial charge in [0.15, 0.2) is 0 Å². The number of esters is 1. The molecule has 2 saturated heterocycles. The minimum absolute atomic E-state index is 0.0148. The maximum Gasteiger partial charge on any atom is 0.312 e. The van der Waals surface area contributed by atoms with Crippen LogP contribution in [0.15, 0.2) is 42.5 Å².